The predicted octanol–water partition coefficient (Wildman–Crippen LogP) is 3.06. The van der Waals surface area contributed by atoms with E-state index in [2.05, 4.69) is 17.4 Å². The molecular weight excluding hydrogens is 214 g/mol. The zero-order valence-electron chi connectivity index (χ0n) is 10.1. The zero-order chi connectivity index (χ0) is 11.5. The van der Waals surface area contributed by atoms with Gasteiger partial charge in [-0.15, -0.1) is 0 Å². The van der Waals surface area contributed by atoms with Crippen molar-refractivity contribution in [1.29, 1.82) is 0 Å². The molecule has 0 aromatic heterocycles. The Morgan fingerprint density at radius 1 is 1.06 bits per heavy atom. The van der Waals surface area contributed by atoms with Gasteiger partial charge in [-0.1, -0.05) is 6.42 Å². The molecule has 1 fully saturated rings. The van der Waals surface area contributed by atoms with Crippen LogP contribution in [0.25, 0.3) is 0 Å². The minimum atomic E-state index is 0.749. The van der Waals surface area contributed by atoms with Crippen LogP contribution in [0.1, 0.15) is 25.7 Å². The van der Waals surface area contributed by atoms with Crippen LogP contribution in [-0.2, 0) is 0 Å². The van der Waals surface area contributed by atoms with Gasteiger partial charge in [0.2, 0.25) is 0 Å². The molecule has 0 spiro atoms. The van der Waals surface area contributed by atoms with Crippen LogP contribution < -0.4 is 14.8 Å². The second kappa shape index (κ2) is 4.86. The van der Waals surface area contributed by atoms with Crippen molar-refractivity contribution >= 4 is 5.69 Å². The fourth-order valence-corrected chi connectivity index (χ4v) is 2.23. The number of fused-ring (bicyclic) bond motifs is 1. The van der Waals surface area contributed by atoms with E-state index in [-0.39, 0.29) is 0 Å². The quantitative estimate of drug-likeness (QED) is 0.870. The molecule has 0 amide bonds. The van der Waals surface area contributed by atoms with E-state index in [9.17, 15) is 0 Å². The average Bonchev–Trinajstić information content (AvgIpc) is 2.51. The average molecular weight is 233 g/mol. The van der Waals surface area contributed by atoms with Gasteiger partial charge in [-0.25, -0.2) is 0 Å². The number of benzene rings is 1. The van der Waals surface area contributed by atoms with Crippen LogP contribution in [0.15, 0.2) is 18.2 Å². The smallest absolute Gasteiger partial charge is 0.163 e. The number of anilines is 1. The molecule has 1 aromatic carbocycles. The maximum atomic E-state index is 5.67. The van der Waals surface area contributed by atoms with Gasteiger partial charge in [0.1, 0.15) is 0 Å². The van der Waals surface area contributed by atoms with Crippen molar-refractivity contribution in [2.45, 2.75) is 25.7 Å². The van der Waals surface area contributed by atoms with E-state index in [1.165, 1.54) is 19.3 Å². The number of hydrogen-bond donors (Lipinski definition) is 1. The summed E-state index contributed by atoms with van der Waals surface area (Å²) < 4.78 is 11.3. The molecule has 3 heteroatoms. The van der Waals surface area contributed by atoms with Gasteiger partial charge in [-0.05, 0) is 30.9 Å². The lowest BCUT2D eigenvalue weighted by Crippen LogP contribution is -2.20. The molecule has 0 radical (unpaired) electrons. The molecule has 1 N–H and O–H groups in total. The molecule has 0 saturated heterocycles. The molecule has 17 heavy (non-hydrogen) atoms. The van der Waals surface area contributed by atoms with Crippen molar-refractivity contribution in [2.75, 3.05) is 25.1 Å². The highest BCUT2D eigenvalue weighted by molar-refractivity contribution is 5.55. The van der Waals surface area contributed by atoms with E-state index in [4.69, 9.17) is 9.47 Å². The lowest BCUT2D eigenvalue weighted by molar-refractivity contribution is 0.297. The fraction of sp³-hybridized carbons (Fsp3) is 0.571. The topological polar surface area (TPSA) is 30.5 Å². The number of hydrogen-bond acceptors (Lipinski definition) is 3. The van der Waals surface area contributed by atoms with Crippen LogP contribution in [0.5, 0.6) is 11.5 Å². The van der Waals surface area contributed by atoms with Gasteiger partial charge in [-0.2, -0.15) is 0 Å². The maximum Gasteiger partial charge on any atom is 0.163 e. The Labute approximate surface area is 102 Å². The molecule has 2 aliphatic rings. The van der Waals surface area contributed by atoms with Crippen molar-refractivity contribution in [2.24, 2.45) is 5.92 Å². The van der Waals surface area contributed by atoms with Crippen molar-refractivity contribution in [3.8, 4) is 11.5 Å². The number of nitrogens with one attached hydrogen (secondary N) is 1. The van der Waals surface area contributed by atoms with E-state index in [0.29, 0.717) is 0 Å². The van der Waals surface area contributed by atoms with Gasteiger partial charge in [0.05, 0.1) is 13.2 Å². The molecule has 1 aliphatic carbocycles. The van der Waals surface area contributed by atoms with Gasteiger partial charge in [-0.3, -0.25) is 0 Å². The lowest BCUT2D eigenvalue weighted by Gasteiger charge is -2.26. The minimum absolute atomic E-state index is 0.749. The molecule has 1 aromatic rings. The van der Waals surface area contributed by atoms with Crippen molar-refractivity contribution in [1.82, 2.24) is 0 Å². The highest BCUT2D eigenvalue weighted by Crippen LogP contribution is 2.33. The second-order valence-corrected chi connectivity index (χ2v) is 4.89. The van der Waals surface area contributed by atoms with E-state index >= 15 is 0 Å². The second-order valence-electron chi connectivity index (χ2n) is 4.89. The Balaban J connectivity index is 1.66. The maximum absolute atomic E-state index is 5.67. The predicted molar refractivity (Wildman–Crippen MR) is 67.9 cm³/mol. The van der Waals surface area contributed by atoms with Gasteiger partial charge in [0.25, 0.3) is 0 Å². The molecule has 92 valence electrons. The minimum Gasteiger partial charge on any atom is -0.490 e. The highest BCUT2D eigenvalue weighted by Gasteiger charge is 2.17. The standard InChI is InChI=1S/C14H19NO2/c1-3-11(4-1)10-15-12-5-6-13-14(9-12)17-8-2-7-16-13/h5-6,9,11,15H,1-4,7-8,10H2. The Morgan fingerprint density at radius 3 is 2.65 bits per heavy atom. The first-order valence-electron chi connectivity index (χ1n) is 6.55. The lowest BCUT2D eigenvalue weighted by atomic mass is 9.85. The Morgan fingerprint density at radius 2 is 1.88 bits per heavy atom. The third-order valence-corrected chi connectivity index (χ3v) is 3.57. The fourth-order valence-electron chi connectivity index (χ4n) is 2.23. The van der Waals surface area contributed by atoms with E-state index in [1.807, 2.05) is 6.07 Å². The molecular formula is C14H19NO2. The van der Waals surface area contributed by atoms with E-state index < -0.39 is 0 Å². The van der Waals surface area contributed by atoms with Crippen molar-refractivity contribution < 1.29 is 9.47 Å². The summed E-state index contributed by atoms with van der Waals surface area (Å²) in [6.07, 6.45) is 5.10. The molecule has 3 nitrogen and oxygen atoms in total. The largest absolute Gasteiger partial charge is 0.490 e. The van der Waals surface area contributed by atoms with Gasteiger partial charge in [0.15, 0.2) is 11.5 Å². The summed E-state index contributed by atoms with van der Waals surface area (Å²) in [5, 5.41) is 3.48. The molecule has 1 aliphatic heterocycles. The Hall–Kier alpha value is -1.38. The summed E-state index contributed by atoms with van der Waals surface area (Å²) in [7, 11) is 0. The summed E-state index contributed by atoms with van der Waals surface area (Å²) >= 11 is 0. The van der Waals surface area contributed by atoms with Crippen LogP contribution in [0.4, 0.5) is 5.69 Å². The SMILES string of the molecule is c1cc2c(cc1NCC1CCC1)OCCCO2. The van der Waals surface area contributed by atoms with Crippen LogP contribution in [-0.4, -0.2) is 19.8 Å². The van der Waals surface area contributed by atoms with E-state index in [0.717, 1.165) is 49.3 Å². The summed E-state index contributed by atoms with van der Waals surface area (Å²) in [4.78, 5) is 0. The molecule has 1 saturated carbocycles. The first-order chi connectivity index (χ1) is 8.42. The Kier molecular flexibility index (Phi) is 3.08. The van der Waals surface area contributed by atoms with Crippen LogP contribution in [0, 0.1) is 5.92 Å². The van der Waals surface area contributed by atoms with Crippen molar-refractivity contribution in [3.05, 3.63) is 18.2 Å². The molecule has 3 rings (SSSR count). The third kappa shape index (κ3) is 2.48. The first-order valence-corrected chi connectivity index (χ1v) is 6.55. The molecule has 1 heterocycles. The van der Waals surface area contributed by atoms with E-state index in [1.54, 1.807) is 0 Å². The zero-order valence-corrected chi connectivity index (χ0v) is 10.1. The molecule has 0 atom stereocenters. The number of ether oxygens (including phenoxy) is 2. The normalized spacial score (nSPS) is 19.3. The van der Waals surface area contributed by atoms with Gasteiger partial charge >= 0.3 is 0 Å². The summed E-state index contributed by atoms with van der Waals surface area (Å²) in [5.74, 6) is 2.61. The first kappa shape index (κ1) is 10.8. The molecule has 0 unspecified atom stereocenters. The third-order valence-electron chi connectivity index (χ3n) is 3.57. The van der Waals surface area contributed by atoms with Gasteiger partial charge in [0, 0.05) is 24.7 Å². The number of rotatable bonds is 3. The van der Waals surface area contributed by atoms with Gasteiger partial charge < -0.3 is 14.8 Å². The summed E-state index contributed by atoms with van der Waals surface area (Å²) in [6.45, 7) is 2.58. The monoisotopic (exact) mass is 233 g/mol. The highest BCUT2D eigenvalue weighted by atomic mass is 16.5. The summed E-state index contributed by atoms with van der Waals surface area (Å²) in [5.41, 5.74) is 1.14. The molecule has 0 bridgehead atoms. The summed E-state index contributed by atoms with van der Waals surface area (Å²) in [6, 6.07) is 6.13. The van der Waals surface area contributed by atoms with Crippen LogP contribution >= 0.6 is 0 Å². The van der Waals surface area contributed by atoms with Crippen LogP contribution in [0.2, 0.25) is 0 Å². The Bertz CT molecular complexity index is 388. The van der Waals surface area contributed by atoms with Crippen LogP contribution in [0.3, 0.4) is 0 Å². The van der Waals surface area contributed by atoms with Crippen molar-refractivity contribution in [3.63, 3.8) is 0 Å².